The number of ketones is 1. The molecule has 0 aromatic heterocycles. The Bertz CT molecular complexity index is 1020. The van der Waals surface area contributed by atoms with Gasteiger partial charge < -0.3 is 14.6 Å². The maximum absolute atomic E-state index is 13.1. The van der Waals surface area contributed by atoms with Crippen molar-refractivity contribution in [3.05, 3.63) is 64.7 Å². The lowest BCUT2D eigenvalue weighted by Crippen LogP contribution is -2.36. The standard InChI is InChI=1S/C24H24FNO5/c1-2-30-24(29)16-9-11-26(12-10-16)14-19-20(27)8-7-18-22(28)21(31-23(18)19)13-15-3-5-17(25)6-4-15/h3-8,13,16,27H,2,9-12,14H2,1H3/b21-13+. The molecule has 2 aliphatic rings. The van der Waals surface area contributed by atoms with Crippen molar-refractivity contribution in [3.63, 3.8) is 0 Å². The van der Waals surface area contributed by atoms with Crippen LogP contribution in [0.15, 0.2) is 42.2 Å². The zero-order chi connectivity index (χ0) is 22.0. The second kappa shape index (κ2) is 8.89. The highest BCUT2D eigenvalue weighted by molar-refractivity contribution is 6.15. The number of hydrogen-bond donors (Lipinski definition) is 1. The summed E-state index contributed by atoms with van der Waals surface area (Å²) in [6, 6.07) is 8.81. The summed E-state index contributed by atoms with van der Waals surface area (Å²) in [5.74, 6) is -0.350. The third-order valence-corrected chi connectivity index (χ3v) is 5.67. The van der Waals surface area contributed by atoms with Gasteiger partial charge in [0.1, 0.15) is 17.3 Å². The average molecular weight is 425 g/mol. The number of hydrogen-bond acceptors (Lipinski definition) is 6. The van der Waals surface area contributed by atoms with E-state index in [1.165, 1.54) is 18.2 Å². The molecule has 31 heavy (non-hydrogen) atoms. The predicted molar refractivity (Wildman–Crippen MR) is 112 cm³/mol. The number of Topliss-reactive ketones (excluding diaryl/α,β-unsaturated/α-hetero) is 1. The number of esters is 1. The number of aromatic hydroxyl groups is 1. The molecule has 4 rings (SSSR count). The van der Waals surface area contributed by atoms with Gasteiger partial charge in [0, 0.05) is 6.54 Å². The fraction of sp³-hybridized carbons (Fsp3) is 0.333. The summed E-state index contributed by atoms with van der Waals surface area (Å²) < 4.78 is 24.1. The first-order valence-corrected chi connectivity index (χ1v) is 10.4. The molecule has 0 spiro atoms. The van der Waals surface area contributed by atoms with Gasteiger partial charge in [0.15, 0.2) is 5.76 Å². The van der Waals surface area contributed by atoms with Gasteiger partial charge in [-0.2, -0.15) is 0 Å². The van der Waals surface area contributed by atoms with E-state index >= 15 is 0 Å². The van der Waals surface area contributed by atoms with E-state index in [2.05, 4.69) is 4.90 Å². The molecule has 162 valence electrons. The van der Waals surface area contributed by atoms with Crippen molar-refractivity contribution < 1.29 is 28.6 Å². The number of phenolic OH excluding ortho intramolecular Hbond substituents is 1. The Morgan fingerprint density at radius 2 is 1.94 bits per heavy atom. The molecule has 0 amide bonds. The number of phenols is 1. The number of rotatable bonds is 5. The third kappa shape index (κ3) is 4.46. The summed E-state index contributed by atoms with van der Waals surface area (Å²) in [5, 5.41) is 10.5. The van der Waals surface area contributed by atoms with E-state index in [4.69, 9.17) is 9.47 Å². The maximum atomic E-state index is 13.1. The molecule has 0 aliphatic carbocycles. The van der Waals surface area contributed by atoms with Crippen LogP contribution in [0.4, 0.5) is 4.39 Å². The van der Waals surface area contributed by atoms with E-state index in [0.717, 1.165) is 0 Å². The van der Waals surface area contributed by atoms with E-state index in [0.29, 0.717) is 61.5 Å². The molecule has 2 heterocycles. The molecule has 0 saturated carbocycles. The van der Waals surface area contributed by atoms with Crippen molar-refractivity contribution in [3.8, 4) is 11.5 Å². The summed E-state index contributed by atoms with van der Waals surface area (Å²) >= 11 is 0. The van der Waals surface area contributed by atoms with E-state index in [9.17, 15) is 19.1 Å². The number of ether oxygens (including phenoxy) is 2. The summed E-state index contributed by atoms with van der Waals surface area (Å²) in [7, 11) is 0. The Kier molecular flexibility index (Phi) is 6.04. The number of likely N-dealkylation sites (tertiary alicyclic amines) is 1. The van der Waals surface area contributed by atoms with Crippen LogP contribution >= 0.6 is 0 Å². The maximum Gasteiger partial charge on any atom is 0.309 e. The minimum absolute atomic E-state index is 0.0575. The van der Waals surface area contributed by atoms with Crippen LogP contribution in [0, 0.1) is 11.7 Å². The molecule has 0 radical (unpaired) electrons. The minimum Gasteiger partial charge on any atom is -0.507 e. The van der Waals surface area contributed by atoms with Crippen LogP contribution in [0.2, 0.25) is 0 Å². The fourth-order valence-corrected chi connectivity index (χ4v) is 3.97. The molecule has 2 aromatic rings. The number of carbonyl (C=O) groups is 2. The third-order valence-electron chi connectivity index (χ3n) is 5.67. The molecular weight excluding hydrogens is 401 g/mol. The number of carbonyl (C=O) groups excluding carboxylic acids is 2. The molecule has 2 aromatic carbocycles. The molecule has 0 atom stereocenters. The number of benzene rings is 2. The van der Waals surface area contributed by atoms with Gasteiger partial charge in [-0.25, -0.2) is 4.39 Å². The van der Waals surface area contributed by atoms with Crippen LogP contribution in [0.3, 0.4) is 0 Å². The van der Waals surface area contributed by atoms with E-state index in [1.807, 2.05) is 0 Å². The van der Waals surface area contributed by atoms with E-state index in [-0.39, 0.29) is 35.0 Å². The molecule has 6 nitrogen and oxygen atoms in total. The Labute approximate surface area is 179 Å². The topological polar surface area (TPSA) is 76.1 Å². The smallest absolute Gasteiger partial charge is 0.309 e. The average Bonchev–Trinajstić information content (AvgIpc) is 3.08. The summed E-state index contributed by atoms with van der Waals surface area (Å²) in [5.41, 5.74) is 1.58. The second-order valence-electron chi connectivity index (χ2n) is 7.73. The largest absolute Gasteiger partial charge is 0.507 e. The highest BCUT2D eigenvalue weighted by Crippen LogP contribution is 2.40. The van der Waals surface area contributed by atoms with Gasteiger partial charge in [0.2, 0.25) is 5.78 Å². The normalized spacial score (nSPS) is 18.1. The second-order valence-corrected chi connectivity index (χ2v) is 7.73. The van der Waals surface area contributed by atoms with Crippen molar-refractivity contribution >= 4 is 17.8 Å². The molecule has 7 heteroatoms. The van der Waals surface area contributed by atoms with Gasteiger partial charge in [-0.1, -0.05) is 12.1 Å². The van der Waals surface area contributed by atoms with Crippen LogP contribution in [-0.2, 0) is 16.1 Å². The van der Waals surface area contributed by atoms with Crippen molar-refractivity contribution in [1.29, 1.82) is 0 Å². The number of halogens is 1. The zero-order valence-corrected chi connectivity index (χ0v) is 17.3. The lowest BCUT2D eigenvalue weighted by atomic mass is 9.96. The summed E-state index contributed by atoms with van der Waals surface area (Å²) in [6.45, 7) is 3.94. The monoisotopic (exact) mass is 425 g/mol. The van der Waals surface area contributed by atoms with Crippen LogP contribution in [0.1, 0.15) is 41.3 Å². The lowest BCUT2D eigenvalue weighted by molar-refractivity contribution is -0.149. The molecule has 0 bridgehead atoms. The first-order chi connectivity index (χ1) is 15.0. The quantitative estimate of drug-likeness (QED) is 0.578. The highest BCUT2D eigenvalue weighted by atomic mass is 19.1. The van der Waals surface area contributed by atoms with E-state index in [1.54, 1.807) is 31.2 Å². The Morgan fingerprint density at radius 3 is 2.61 bits per heavy atom. The fourth-order valence-electron chi connectivity index (χ4n) is 3.97. The SMILES string of the molecule is CCOC(=O)C1CCN(Cc2c(O)ccc3c2O/C(=C/c2ccc(F)cc2)C3=O)CC1. The molecule has 1 saturated heterocycles. The van der Waals surface area contributed by atoms with Crippen LogP contribution in [-0.4, -0.2) is 41.5 Å². The summed E-state index contributed by atoms with van der Waals surface area (Å²) in [4.78, 5) is 26.9. The van der Waals surface area contributed by atoms with Gasteiger partial charge >= 0.3 is 5.97 Å². The Balaban J connectivity index is 1.50. The molecule has 1 N–H and O–H groups in total. The predicted octanol–water partition coefficient (Wildman–Crippen LogP) is 3.92. The van der Waals surface area contributed by atoms with Gasteiger partial charge in [0.05, 0.1) is 23.7 Å². The number of fused-ring (bicyclic) bond motifs is 1. The Hall–Kier alpha value is -3.19. The first-order valence-electron chi connectivity index (χ1n) is 10.4. The van der Waals surface area contributed by atoms with Crippen molar-refractivity contribution in [2.24, 2.45) is 5.92 Å². The number of nitrogens with zero attached hydrogens (tertiary/aromatic N) is 1. The highest BCUT2D eigenvalue weighted by Gasteiger charge is 2.33. The van der Waals surface area contributed by atoms with Crippen LogP contribution in [0.5, 0.6) is 11.5 Å². The van der Waals surface area contributed by atoms with E-state index < -0.39 is 0 Å². The minimum atomic E-state index is -0.358. The molecule has 2 aliphatic heterocycles. The van der Waals surface area contributed by atoms with Crippen LogP contribution < -0.4 is 4.74 Å². The van der Waals surface area contributed by atoms with Crippen molar-refractivity contribution in [2.75, 3.05) is 19.7 Å². The Morgan fingerprint density at radius 1 is 1.23 bits per heavy atom. The first kappa shape index (κ1) is 21.1. The van der Waals surface area contributed by atoms with Gasteiger partial charge in [-0.05, 0) is 68.8 Å². The number of allylic oxidation sites excluding steroid dienone is 1. The van der Waals surface area contributed by atoms with Gasteiger partial charge in [0.25, 0.3) is 0 Å². The van der Waals surface area contributed by atoms with Crippen molar-refractivity contribution in [1.82, 2.24) is 4.90 Å². The molecular formula is C24H24FNO5. The number of piperidine rings is 1. The molecule has 1 fully saturated rings. The molecule has 0 unspecified atom stereocenters. The zero-order valence-electron chi connectivity index (χ0n) is 17.3. The summed E-state index contributed by atoms with van der Waals surface area (Å²) in [6.07, 6.45) is 2.93. The van der Waals surface area contributed by atoms with Crippen molar-refractivity contribution in [2.45, 2.75) is 26.3 Å². The van der Waals surface area contributed by atoms with Gasteiger partial charge in [-0.15, -0.1) is 0 Å². The van der Waals surface area contributed by atoms with Gasteiger partial charge in [-0.3, -0.25) is 14.5 Å². The lowest BCUT2D eigenvalue weighted by Gasteiger charge is -2.31. The van der Waals surface area contributed by atoms with Crippen LogP contribution in [0.25, 0.3) is 6.08 Å².